The third-order valence-corrected chi connectivity index (χ3v) is 5.75. The third kappa shape index (κ3) is 9.74. The molecule has 8 N–H and O–H groups in total. The first-order valence-electron chi connectivity index (χ1n) is 11.4. The fraction of sp³-hybridized carbons (Fsp3) is 0.762. The maximum Gasteiger partial charge on any atom is 0.326 e. The van der Waals surface area contributed by atoms with Crippen LogP contribution in [0.5, 0.6) is 0 Å². The summed E-state index contributed by atoms with van der Waals surface area (Å²) in [6, 6.07) is -4.14. The molecule has 0 aromatic carbocycles. The van der Waals surface area contributed by atoms with Crippen molar-refractivity contribution < 1.29 is 34.2 Å². The van der Waals surface area contributed by atoms with Gasteiger partial charge in [0, 0.05) is 0 Å². The number of rotatable bonds is 15. The summed E-state index contributed by atoms with van der Waals surface area (Å²) >= 11 is 0. The van der Waals surface area contributed by atoms with Gasteiger partial charge in [-0.1, -0.05) is 20.3 Å². The summed E-state index contributed by atoms with van der Waals surface area (Å²) in [6.45, 7) is 4.51. The maximum atomic E-state index is 12.9. The van der Waals surface area contributed by atoms with Crippen molar-refractivity contribution in [1.82, 2.24) is 21.3 Å². The van der Waals surface area contributed by atoms with Gasteiger partial charge in [-0.2, -0.15) is 0 Å². The second-order valence-corrected chi connectivity index (χ2v) is 8.36. The summed E-state index contributed by atoms with van der Waals surface area (Å²) in [7, 11) is 0. The first-order chi connectivity index (χ1) is 15.6. The molecule has 3 amide bonds. The van der Waals surface area contributed by atoms with E-state index in [1.54, 1.807) is 13.8 Å². The van der Waals surface area contributed by atoms with E-state index in [4.69, 9.17) is 5.73 Å². The second kappa shape index (κ2) is 14.4. The molecule has 1 rings (SSSR count). The summed E-state index contributed by atoms with van der Waals surface area (Å²) in [4.78, 5) is 61.0. The lowest BCUT2D eigenvalue weighted by molar-refractivity contribution is -0.144. The number of amides is 3. The molecule has 0 bridgehead atoms. The number of unbranched alkanes of at least 4 members (excludes halogenated alkanes) is 1. The largest absolute Gasteiger partial charge is 0.481 e. The van der Waals surface area contributed by atoms with Crippen molar-refractivity contribution in [3.05, 3.63) is 0 Å². The van der Waals surface area contributed by atoms with Gasteiger partial charge in [0.05, 0.1) is 12.5 Å². The molecule has 0 spiro atoms. The van der Waals surface area contributed by atoms with E-state index in [2.05, 4.69) is 21.3 Å². The number of hydrogen-bond donors (Lipinski definition) is 7. The molecule has 0 saturated carbocycles. The molecule has 0 aliphatic carbocycles. The normalized spacial score (nSPS) is 19.1. The summed E-state index contributed by atoms with van der Waals surface area (Å²) < 4.78 is 0. The number of aliphatic carboxylic acids is 2. The van der Waals surface area contributed by atoms with Crippen LogP contribution < -0.4 is 27.0 Å². The lowest BCUT2D eigenvalue weighted by atomic mass is 9.98. The van der Waals surface area contributed by atoms with Gasteiger partial charge in [0.15, 0.2) is 0 Å². The number of carboxylic acids is 2. The van der Waals surface area contributed by atoms with Gasteiger partial charge in [-0.3, -0.25) is 19.2 Å². The molecule has 1 saturated heterocycles. The van der Waals surface area contributed by atoms with E-state index in [0.29, 0.717) is 38.8 Å². The molecule has 5 unspecified atom stereocenters. The van der Waals surface area contributed by atoms with E-state index in [1.807, 2.05) is 0 Å². The van der Waals surface area contributed by atoms with Crippen molar-refractivity contribution in [2.24, 2.45) is 11.7 Å². The number of nitrogens with one attached hydrogen (secondary N) is 4. The molecule has 1 heterocycles. The van der Waals surface area contributed by atoms with Crippen LogP contribution in [0.15, 0.2) is 0 Å². The standard InChI is InChI=1S/C21H37N5O7/c1-3-12(2)17(21(32)33)26-19(30)14(7-4-5-9-22)24-20(31)15(11-16(27)28)25-18(29)13-8-6-10-23-13/h12-15,17,23H,3-11,22H2,1-2H3,(H,24,31)(H,25,29)(H,26,30)(H,27,28)(H,32,33). The molecule has 12 nitrogen and oxygen atoms in total. The molecule has 0 radical (unpaired) electrons. The number of carbonyl (C=O) groups excluding carboxylic acids is 3. The average molecular weight is 472 g/mol. The van der Waals surface area contributed by atoms with Gasteiger partial charge in [-0.05, 0) is 51.1 Å². The van der Waals surface area contributed by atoms with Crippen molar-refractivity contribution in [3.8, 4) is 0 Å². The number of hydrogen-bond acceptors (Lipinski definition) is 7. The number of nitrogens with two attached hydrogens (primary N) is 1. The highest BCUT2D eigenvalue weighted by Crippen LogP contribution is 2.10. The van der Waals surface area contributed by atoms with Crippen LogP contribution in [0.25, 0.3) is 0 Å². The molecular weight excluding hydrogens is 434 g/mol. The number of carboxylic acid groups (broad SMARTS) is 2. The van der Waals surface area contributed by atoms with Gasteiger partial charge in [0.25, 0.3) is 0 Å². The first kappa shape index (κ1) is 28.3. The first-order valence-corrected chi connectivity index (χ1v) is 11.4. The fourth-order valence-corrected chi connectivity index (χ4v) is 3.54. The van der Waals surface area contributed by atoms with Crippen LogP contribution in [0.1, 0.15) is 58.8 Å². The van der Waals surface area contributed by atoms with Gasteiger partial charge in [-0.15, -0.1) is 0 Å². The third-order valence-electron chi connectivity index (χ3n) is 5.75. The van der Waals surface area contributed by atoms with Crippen LogP contribution in [0, 0.1) is 5.92 Å². The Labute approximate surface area is 193 Å². The smallest absolute Gasteiger partial charge is 0.326 e. The average Bonchev–Trinajstić information content (AvgIpc) is 3.30. The van der Waals surface area contributed by atoms with Crippen LogP contribution in [-0.4, -0.2) is 77.1 Å². The SMILES string of the molecule is CCC(C)C(NC(=O)C(CCCCN)NC(=O)C(CC(=O)O)NC(=O)C1CCCN1)C(=O)O. The van der Waals surface area contributed by atoms with Crippen molar-refractivity contribution in [2.75, 3.05) is 13.1 Å². The van der Waals surface area contributed by atoms with Crippen molar-refractivity contribution >= 4 is 29.7 Å². The lowest BCUT2D eigenvalue weighted by Crippen LogP contribution is -2.58. The zero-order chi connectivity index (χ0) is 25.0. The predicted octanol–water partition coefficient (Wildman–Crippen LogP) is -1.07. The van der Waals surface area contributed by atoms with Crippen molar-refractivity contribution in [3.63, 3.8) is 0 Å². The Morgan fingerprint density at radius 3 is 2.21 bits per heavy atom. The Morgan fingerprint density at radius 2 is 1.70 bits per heavy atom. The molecular formula is C21H37N5O7. The van der Waals surface area contributed by atoms with E-state index in [9.17, 15) is 34.2 Å². The van der Waals surface area contributed by atoms with E-state index in [-0.39, 0.29) is 12.3 Å². The van der Waals surface area contributed by atoms with Crippen LogP contribution in [0.4, 0.5) is 0 Å². The molecule has 0 aromatic heterocycles. The van der Waals surface area contributed by atoms with Gasteiger partial charge in [0.2, 0.25) is 17.7 Å². The summed E-state index contributed by atoms with van der Waals surface area (Å²) in [5, 5.41) is 29.0. The minimum Gasteiger partial charge on any atom is -0.481 e. The highest BCUT2D eigenvalue weighted by molar-refractivity contribution is 5.95. The molecule has 188 valence electrons. The monoisotopic (exact) mass is 471 g/mol. The number of carbonyl (C=O) groups is 5. The highest BCUT2D eigenvalue weighted by atomic mass is 16.4. The van der Waals surface area contributed by atoms with Gasteiger partial charge in [-0.25, -0.2) is 4.79 Å². The van der Waals surface area contributed by atoms with Crippen LogP contribution in [-0.2, 0) is 24.0 Å². The molecule has 1 aliphatic heterocycles. The van der Waals surface area contributed by atoms with Crippen LogP contribution in [0.3, 0.4) is 0 Å². The Bertz CT molecular complexity index is 696. The van der Waals surface area contributed by atoms with Crippen LogP contribution >= 0.6 is 0 Å². The predicted molar refractivity (Wildman–Crippen MR) is 119 cm³/mol. The maximum absolute atomic E-state index is 12.9. The van der Waals surface area contributed by atoms with E-state index in [0.717, 1.165) is 6.42 Å². The molecule has 12 heteroatoms. The lowest BCUT2D eigenvalue weighted by Gasteiger charge is -2.26. The quantitative estimate of drug-likeness (QED) is 0.145. The zero-order valence-corrected chi connectivity index (χ0v) is 19.3. The van der Waals surface area contributed by atoms with Gasteiger partial charge in [0.1, 0.15) is 18.1 Å². The fourth-order valence-electron chi connectivity index (χ4n) is 3.54. The van der Waals surface area contributed by atoms with Gasteiger partial charge >= 0.3 is 11.9 Å². The summed E-state index contributed by atoms with van der Waals surface area (Å²) in [5.74, 6) is -4.82. The van der Waals surface area contributed by atoms with Crippen molar-refractivity contribution in [2.45, 2.75) is 83.0 Å². The summed E-state index contributed by atoms with van der Waals surface area (Å²) in [6.07, 6.45) is 2.46. The molecule has 5 atom stereocenters. The van der Waals surface area contributed by atoms with Crippen LogP contribution in [0.2, 0.25) is 0 Å². The van der Waals surface area contributed by atoms with E-state index < -0.39 is 60.2 Å². The second-order valence-electron chi connectivity index (χ2n) is 8.36. The molecule has 33 heavy (non-hydrogen) atoms. The summed E-state index contributed by atoms with van der Waals surface area (Å²) in [5.41, 5.74) is 5.50. The molecule has 1 aliphatic rings. The van der Waals surface area contributed by atoms with E-state index >= 15 is 0 Å². The molecule has 1 fully saturated rings. The Hall–Kier alpha value is -2.73. The zero-order valence-electron chi connectivity index (χ0n) is 19.3. The minimum absolute atomic E-state index is 0.180. The highest BCUT2D eigenvalue weighted by Gasteiger charge is 2.33. The topological polar surface area (TPSA) is 200 Å². The Morgan fingerprint density at radius 1 is 1.03 bits per heavy atom. The Balaban J connectivity index is 2.94. The Kier molecular flexibility index (Phi) is 12.4. The van der Waals surface area contributed by atoms with E-state index in [1.165, 1.54) is 0 Å². The van der Waals surface area contributed by atoms with Crippen molar-refractivity contribution in [1.29, 1.82) is 0 Å². The molecule has 0 aromatic rings. The van der Waals surface area contributed by atoms with Gasteiger partial charge < -0.3 is 37.2 Å². The minimum atomic E-state index is -1.38.